The first kappa shape index (κ1) is 27.7. The molecule has 2 heterocycles. The molecule has 1 N–H and O–H groups in total. The number of ketones is 2. The molecule has 220 valence electrons. The van der Waals surface area contributed by atoms with Crippen molar-refractivity contribution >= 4 is 23.4 Å². The summed E-state index contributed by atoms with van der Waals surface area (Å²) in [6.07, 6.45) is 5.55. The number of hydrogen-bond donors (Lipinski definition) is 1. The van der Waals surface area contributed by atoms with Crippen LogP contribution >= 0.6 is 0 Å². The molecule has 2 aromatic rings. The van der Waals surface area contributed by atoms with Gasteiger partial charge in [-0.25, -0.2) is 0 Å². The van der Waals surface area contributed by atoms with E-state index in [0.29, 0.717) is 34.3 Å². The molecule has 0 spiro atoms. The van der Waals surface area contributed by atoms with Crippen molar-refractivity contribution in [3.63, 3.8) is 0 Å². The van der Waals surface area contributed by atoms with E-state index in [9.17, 15) is 24.3 Å². The molecule has 2 saturated heterocycles. The number of phenolic OH excluding ortho intramolecular Hbond substituents is 1. The highest BCUT2D eigenvalue weighted by Crippen LogP contribution is 2.56. The summed E-state index contributed by atoms with van der Waals surface area (Å²) < 4.78 is 0. The summed E-state index contributed by atoms with van der Waals surface area (Å²) >= 11 is 0. The number of phenols is 1. The quantitative estimate of drug-likeness (QED) is 0.320. The zero-order valence-corrected chi connectivity index (χ0v) is 24.6. The molecule has 2 aliphatic heterocycles. The molecule has 3 aliphatic carbocycles. The van der Waals surface area contributed by atoms with Crippen molar-refractivity contribution in [2.45, 2.75) is 58.0 Å². The zero-order valence-electron chi connectivity index (χ0n) is 24.6. The number of Topliss-reactive ketones (excluding diaryl/α,β-unsaturated/α-hetero) is 1. The number of hydrogen-bond acceptors (Lipinski definition) is 6. The number of aromatic hydroxyl groups is 1. The van der Waals surface area contributed by atoms with Crippen LogP contribution in [0.25, 0.3) is 0 Å². The second kappa shape index (κ2) is 10.6. The lowest BCUT2D eigenvalue weighted by Gasteiger charge is -2.42. The molecule has 0 bridgehead atoms. The number of para-hydroxylation sites is 1. The number of piperidine rings is 1. The highest BCUT2D eigenvalue weighted by atomic mass is 16.3. The fourth-order valence-corrected chi connectivity index (χ4v) is 8.21. The molecular formula is C36H36N2O5. The lowest BCUT2D eigenvalue weighted by atomic mass is 9.59. The van der Waals surface area contributed by atoms with Crippen molar-refractivity contribution in [3.8, 4) is 5.75 Å². The summed E-state index contributed by atoms with van der Waals surface area (Å²) in [4.78, 5) is 59.0. The molecule has 5 aliphatic rings. The van der Waals surface area contributed by atoms with Gasteiger partial charge in [0.15, 0.2) is 11.6 Å². The minimum atomic E-state index is -0.631. The Balaban J connectivity index is 1.19. The molecule has 0 saturated carbocycles. The average molecular weight is 577 g/mol. The van der Waals surface area contributed by atoms with Crippen LogP contribution in [-0.2, 0) is 25.7 Å². The van der Waals surface area contributed by atoms with E-state index in [-0.39, 0.29) is 47.5 Å². The van der Waals surface area contributed by atoms with Gasteiger partial charge in [-0.05, 0) is 62.7 Å². The van der Waals surface area contributed by atoms with E-state index in [0.717, 1.165) is 38.0 Å². The van der Waals surface area contributed by atoms with Crippen molar-refractivity contribution in [3.05, 3.63) is 99.7 Å². The Kier molecular flexibility index (Phi) is 6.81. The summed E-state index contributed by atoms with van der Waals surface area (Å²) in [7, 11) is 0. The van der Waals surface area contributed by atoms with Gasteiger partial charge in [-0.3, -0.25) is 29.0 Å². The molecule has 43 heavy (non-hydrogen) atoms. The van der Waals surface area contributed by atoms with E-state index >= 15 is 0 Å². The van der Waals surface area contributed by atoms with Crippen LogP contribution < -0.4 is 0 Å². The first-order valence-electron chi connectivity index (χ1n) is 15.4. The molecule has 4 unspecified atom stereocenters. The number of fused-ring (bicyclic) bond motifs is 3. The first-order valence-corrected chi connectivity index (χ1v) is 15.4. The van der Waals surface area contributed by atoms with Crippen LogP contribution in [-0.4, -0.2) is 57.4 Å². The molecule has 7 nitrogen and oxygen atoms in total. The van der Waals surface area contributed by atoms with Crippen LogP contribution in [0.4, 0.5) is 0 Å². The maximum absolute atomic E-state index is 14.2. The topological polar surface area (TPSA) is 95.0 Å². The number of allylic oxidation sites excluding steroid dienone is 6. The Hall–Kier alpha value is -4.10. The SMILES string of the molecule is CC1=CC(=O)C2=C(CC3C(=CCC4C(=O)N(C5CCN(Cc6ccccc6)CC5)C(=O)C43)C2c2cccc(C)c2O)C1=O. The van der Waals surface area contributed by atoms with Crippen molar-refractivity contribution < 1.29 is 24.3 Å². The number of benzene rings is 2. The van der Waals surface area contributed by atoms with Crippen molar-refractivity contribution in [2.24, 2.45) is 17.8 Å². The molecule has 2 aromatic carbocycles. The van der Waals surface area contributed by atoms with E-state index in [2.05, 4.69) is 17.0 Å². The largest absolute Gasteiger partial charge is 0.507 e. The monoisotopic (exact) mass is 576 g/mol. The molecule has 7 rings (SSSR count). The molecule has 0 radical (unpaired) electrons. The summed E-state index contributed by atoms with van der Waals surface area (Å²) in [5, 5.41) is 11.1. The lowest BCUT2D eigenvalue weighted by molar-refractivity contribution is -0.144. The van der Waals surface area contributed by atoms with Gasteiger partial charge in [0.2, 0.25) is 11.8 Å². The number of amides is 2. The van der Waals surface area contributed by atoms with Crippen molar-refractivity contribution in [2.75, 3.05) is 13.1 Å². The predicted octanol–water partition coefficient (Wildman–Crippen LogP) is 4.79. The van der Waals surface area contributed by atoms with Crippen LogP contribution in [0.15, 0.2) is 83.0 Å². The standard InChI is InChI=1S/C36H36N2O5/c1-20-7-6-10-25(33(20)40)30-24-11-12-26-31(27(24)18-28-32(30)29(39)17-21(2)34(28)41)36(43)38(35(26)42)23-13-15-37(16-14-23)19-22-8-4-3-5-9-22/h3-11,17,23,26-27,30-31,40H,12-16,18-19H2,1-2H3. The Bertz CT molecular complexity index is 1640. The van der Waals surface area contributed by atoms with Crippen molar-refractivity contribution in [1.29, 1.82) is 0 Å². The number of imide groups is 1. The molecular weight excluding hydrogens is 540 g/mol. The molecule has 2 amide bonds. The minimum absolute atomic E-state index is 0.0901. The molecule has 2 fully saturated rings. The maximum Gasteiger partial charge on any atom is 0.233 e. The fourth-order valence-electron chi connectivity index (χ4n) is 8.21. The van der Waals surface area contributed by atoms with E-state index in [1.165, 1.54) is 11.6 Å². The van der Waals surface area contributed by atoms with E-state index in [4.69, 9.17) is 0 Å². The Morgan fingerprint density at radius 3 is 2.37 bits per heavy atom. The minimum Gasteiger partial charge on any atom is -0.507 e. The van der Waals surface area contributed by atoms with Crippen LogP contribution in [0.5, 0.6) is 5.75 Å². The summed E-state index contributed by atoms with van der Waals surface area (Å²) in [5.41, 5.74) is 4.57. The number of rotatable bonds is 4. The second-order valence-corrected chi connectivity index (χ2v) is 12.8. The van der Waals surface area contributed by atoms with E-state index in [1.54, 1.807) is 30.9 Å². The smallest absolute Gasteiger partial charge is 0.233 e. The normalized spacial score (nSPS) is 28.0. The van der Waals surface area contributed by atoms with Crippen molar-refractivity contribution in [1.82, 2.24) is 9.80 Å². The van der Waals surface area contributed by atoms with Gasteiger partial charge in [0.05, 0.1) is 11.8 Å². The Morgan fingerprint density at radius 1 is 0.884 bits per heavy atom. The van der Waals surface area contributed by atoms with E-state index in [1.807, 2.05) is 30.3 Å². The summed E-state index contributed by atoms with van der Waals surface area (Å²) in [5.74, 6) is -2.64. The fraction of sp³-hybridized carbons (Fsp3) is 0.389. The predicted molar refractivity (Wildman–Crippen MR) is 161 cm³/mol. The first-order chi connectivity index (χ1) is 20.7. The van der Waals surface area contributed by atoms with Gasteiger partial charge in [0.1, 0.15) is 5.75 Å². The number of carbonyl (C=O) groups is 4. The van der Waals surface area contributed by atoms with Gasteiger partial charge in [-0.2, -0.15) is 0 Å². The second-order valence-electron chi connectivity index (χ2n) is 12.8. The van der Waals surface area contributed by atoms with Crippen LogP contribution in [0, 0.1) is 24.7 Å². The Labute approximate surface area is 251 Å². The molecule has 0 aromatic heterocycles. The van der Waals surface area contributed by atoms with Crippen LogP contribution in [0.3, 0.4) is 0 Å². The van der Waals surface area contributed by atoms with Gasteiger partial charge in [0, 0.05) is 53.9 Å². The van der Waals surface area contributed by atoms with Gasteiger partial charge in [-0.1, -0.05) is 60.2 Å². The Morgan fingerprint density at radius 2 is 1.63 bits per heavy atom. The van der Waals surface area contributed by atoms with E-state index < -0.39 is 17.8 Å². The highest BCUT2D eigenvalue weighted by molar-refractivity contribution is 6.23. The maximum atomic E-state index is 14.2. The number of carbonyl (C=O) groups excluding carboxylic acids is 4. The lowest BCUT2D eigenvalue weighted by Crippen LogP contribution is -2.47. The number of likely N-dealkylation sites (tertiary alicyclic amines) is 2. The van der Waals surface area contributed by atoms with Crippen LogP contribution in [0.1, 0.15) is 55.2 Å². The zero-order chi connectivity index (χ0) is 30.0. The summed E-state index contributed by atoms with van der Waals surface area (Å²) in [6, 6.07) is 15.6. The molecule has 7 heteroatoms. The van der Waals surface area contributed by atoms with Gasteiger partial charge in [-0.15, -0.1) is 0 Å². The third-order valence-electron chi connectivity index (χ3n) is 10.3. The third kappa shape index (κ3) is 4.44. The number of aryl methyl sites for hydroxylation is 1. The van der Waals surface area contributed by atoms with Gasteiger partial charge >= 0.3 is 0 Å². The molecule has 4 atom stereocenters. The number of nitrogens with zero attached hydrogens (tertiary/aromatic N) is 2. The highest BCUT2D eigenvalue weighted by Gasteiger charge is 2.57. The third-order valence-corrected chi connectivity index (χ3v) is 10.3. The van der Waals surface area contributed by atoms with Gasteiger partial charge in [0.25, 0.3) is 0 Å². The van der Waals surface area contributed by atoms with Crippen LogP contribution in [0.2, 0.25) is 0 Å². The van der Waals surface area contributed by atoms with Gasteiger partial charge < -0.3 is 5.11 Å². The summed E-state index contributed by atoms with van der Waals surface area (Å²) in [6.45, 7) is 5.92. The average Bonchev–Trinajstić information content (AvgIpc) is 3.27.